The number of carbonyl (C=O) groups is 2. The molecule has 8 heteroatoms. The van der Waals surface area contributed by atoms with Crippen LogP contribution in [0.15, 0.2) is 72.4 Å². The molecule has 0 aliphatic heterocycles. The number of thioether (sulfide) groups is 1. The Morgan fingerprint density at radius 3 is 2.39 bits per heavy atom. The smallest absolute Gasteiger partial charge is 0.251 e. The Bertz CT molecular complexity index is 1090. The second-order valence-electron chi connectivity index (χ2n) is 7.74. The van der Waals surface area contributed by atoms with Crippen molar-refractivity contribution in [2.75, 3.05) is 12.9 Å². The van der Waals surface area contributed by atoms with Crippen molar-refractivity contribution in [3.05, 3.63) is 84.2 Å². The van der Waals surface area contributed by atoms with Gasteiger partial charge in [-0.2, -0.15) is 0 Å². The van der Waals surface area contributed by atoms with Gasteiger partial charge < -0.3 is 14.6 Å². The van der Waals surface area contributed by atoms with Crippen molar-refractivity contribution in [2.45, 2.75) is 31.6 Å². The average Bonchev–Trinajstić information content (AvgIpc) is 3.23. The van der Waals surface area contributed by atoms with Crippen LogP contribution in [0.4, 0.5) is 0 Å². The third kappa shape index (κ3) is 6.10. The highest BCUT2D eigenvalue weighted by Crippen LogP contribution is 2.26. The van der Waals surface area contributed by atoms with E-state index < -0.39 is 0 Å². The van der Waals surface area contributed by atoms with Crippen molar-refractivity contribution < 1.29 is 14.3 Å². The number of allylic oxidation sites excluding steroid dienone is 1. The molecule has 0 radical (unpaired) electrons. The SMILES string of the molecule is C=CCn1c(SCC(=O)c2ccc(OC)cc2)nnc1[C@@H](NC(=O)c1ccccc1)C(C)C. The molecule has 0 spiro atoms. The molecule has 3 aromatic rings. The first-order chi connectivity index (χ1) is 15.9. The van der Waals surface area contributed by atoms with Crippen LogP contribution in [-0.2, 0) is 6.54 Å². The second kappa shape index (κ2) is 11.5. The number of benzene rings is 2. The fourth-order valence-electron chi connectivity index (χ4n) is 3.27. The Balaban J connectivity index is 1.78. The number of nitrogens with zero attached hydrogens (tertiary/aromatic N) is 3. The Morgan fingerprint density at radius 1 is 1.09 bits per heavy atom. The minimum absolute atomic E-state index is 0.0184. The van der Waals surface area contributed by atoms with Crippen LogP contribution in [-0.4, -0.2) is 39.3 Å². The molecule has 2 aromatic carbocycles. The number of hydrogen-bond acceptors (Lipinski definition) is 6. The van der Waals surface area contributed by atoms with Crippen molar-refractivity contribution in [1.82, 2.24) is 20.1 Å². The maximum absolute atomic E-state index is 12.8. The molecule has 0 aliphatic rings. The lowest BCUT2D eigenvalue weighted by Gasteiger charge is -2.22. The quantitative estimate of drug-likeness (QED) is 0.254. The third-order valence-corrected chi connectivity index (χ3v) is 6.04. The zero-order chi connectivity index (χ0) is 23.8. The number of amides is 1. The molecule has 0 unspecified atom stereocenters. The van der Waals surface area contributed by atoms with Crippen molar-refractivity contribution >= 4 is 23.5 Å². The Morgan fingerprint density at radius 2 is 1.79 bits per heavy atom. The van der Waals surface area contributed by atoms with Crippen LogP contribution in [0.1, 0.15) is 46.4 Å². The fraction of sp³-hybridized carbons (Fsp3) is 0.280. The van der Waals surface area contributed by atoms with Gasteiger partial charge in [0.15, 0.2) is 16.8 Å². The van der Waals surface area contributed by atoms with Gasteiger partial charge in [0.2, 0.25) is 0 Å². The molecule has 1 amide bonds. The summed E-state index contributed by atoms with van der Waals surface area (Å²) >= 11 is 1.31. The summed E-state index contributed by atoms with van der Waals surface area (Å²) in [5.41, 5.74) is 1.19. The molecule has 172 valence electrons. The van der Waals surface area contributed by atoms with E-state index in [-0.39, 0.29) is 29.4 Å². The summed E-state index contributed by atoms with van der Waals surface area (Å²) in [6.07, 6.45) is 1.75. The number of hydrogen-bond donors (Lipinski definition) is 1. The summed E-state index contributed by atoms with van der Waals surface area (Å²) in [4.78, 5) is 25.4. The maximum Gasteiger partial charge on any atom is 0.251 e. The molecule has 0 fully saturated rings. The molecule has 33 heavy (non-hydrogen) atoms. The van der Waals surface area contributed by atoms with Crippen LogP contribution < -0.4 is 10.1 Å². The van der Waals surface area contributed by atoms with Crippen LogP contribution in [0.5, 0.6) is 5.75 Å². The molecular weight excluding hydrogens is 436 g/mol. The highest BCUT2D eigenvalue weighted by Gasteiger charge is 2.26. The molecular formula is C25H28N4O3S. The molecule has 1 heterocycles. The van der Waals surface area contributed by atoms with E-state index in [0.29, 0.717) is 34.4 Å². The van der Waals surface area contributed by atoms with Crippen molar-refractivity contribution in [3.8, 4) is 5.75 Å². The molecule has 0 saturated carbocycles. The van der Waals surface area contributed by atoms with Crippen molar-refractivity contribution in [1.29, 1.82) is 0 Å². The standard InChI is InChI=1S/C25H28N4O3S/c1-5-15-29-23(22(17(2)3)26-24(31)19-9-7-6-8-10-19)27-28-25(29)33-16-21(30)18-11-13-20(32-4)14-12-18/h5-14,17,22H,1,15-16H2,2-4H3,(H,26,31)/t22-/m0/s1. The van der Waals surface area contributed by atoms with Gasteiger partial charge in [-0.05, 0) is 42.3 Å². The Hall–Kier alpha value is -3.39. The van der Waals surface area contributed by atoms with Crippen LogP contribution in [0.2, 0.25) is 0 Å². The number of ether oxygens (including phenoxy) is 1. The summed E-state index contributed by atoms with van der Waals surface area (Å²) in [5, 5.41) is 12.4. The minimum atomic E-state index is -0.350. The van der Waals surface area contributed by atoms with E-state index in [1.54, 1.807) is 49.6 Å². The lowest BCUT2D eigenvalue weighted by atomic mass is 10.0. The Kier molecular flexibility index (Phi) is 8.43. The first kappa shape index (κ1) is 24.3. The van der Waals surface area contributed by atoms with Gasteiger partial charge in [0.1, 0.15) is 5.75 Å². The molecule has 1 aromatic heterocycles. The van der Waals surface area contributed by atoms with Crippen LogP contribution in [0.3, 0.4) is 0 Å². The van der Waals surface area contributed by atoms with E-state index in [1.165, 1.54) is 11.8 Å². The van der Waals surface area contributed by atoms with E-state index in [1.807, 2.05) is 36.6 Å². The van der Waals surface area contributed by atoms with Crippen LogP contribution >= 0.6 is 11.8 Å². The summed E-state index contributed by atoms with van der Waals surface area (Å²) in [5.74, 6) is 1.43. The highest BCUT2D eigenvalue weighted by atomic mass is 32.2. The van der Waals surface area contributed by atoms with E-state index >= 15 is 0 Å². The number of carbonyl (C=O) groups excluding carboxylic acids is 2. The van der Waals surface area contributed by atoms with E-state index in [4.69, 9.17) is 4.74 Å². The topological polar surface area (TPSA) is 86.1 Å². The van der Waals surface area contributed by atoms with Gasteiger partial charge in [-0.25, -0.2) is 0 Å². The minimum Gasteiger partial charge on any atom is -0.497 e. The molecule has 0 aliphatic carbocycles. The number of aromatic nitrogens is 3. The zero-order valence-corrected chi connectivity index (χ0v) is 19.8. The van der Waals surface area contributed by atoms with Gasteiger partial charge in [0.25, 0.3) is 5.91 Å². The zero-order valence-electron chi connectivity index (χ0n) is 19.0. The van der Waals surface area contributed by atoms with Gasteiger partial charge in [-0.1, -0.05) is 49.9 Å². The molecule has 3 rings (SSSR count). The largest absolute Gasteiger partial charge is 0.497 e. The van der Waals surface area contributed by atoms with Gasteiger partial charge >= 0.3 is 0 Å². The summed E-state index contributed by atoms with van der Waals surface area (Å²) in [6, 6.07) is 15.7. The number of methoxy groups -OCH3 is 1. The van der Waals surface area contributed by atoms with E-state index in [2.05, 4.69) is 22.1 Å². The van der Waals surface area contributed by atoms with E-state index in [9.17, 15) is 9.59 Å². The summed E-state index contributed by atoms with van der Waals surface area (Å²) in [6.45, 7) is 8.34. The van der Waals surface area contributed by atoms with Gasteiger partial charge in [0.05, 0.1) is 18.9 Å². The second-order valence-corrected chi connectivity index (χ2v) is 8.68. The summed E-state index contributed by atoms with van der Waals surface area (Å²) in [7, 11) is 1.59. The van der Waals surface area contributed by atoms with Gasteiger partial charge in [-0.3, -0.25) is 9.59 Å². The lowest BCUT2D eigenvalue weighted by Crippen LogP contribution is -2.33. The third-order valence-electron chi connectivity index (χ3n) is 5.07. The predicted octanol–water partition coefficient (Wildman–Crippen LogP) is 4.57. The average molecular weight is 465 g/mol. The van der Waals surface area contributed by atoms with E-state index in [0.717, 1.165) is 0 Å². The normalized spacial score (nSPS) is 11.8. The lowest BCUT2D eigenvalue weighted by molar-refractivity contribution is 0.0921. The number of ketones is 1. The molecule has 0 bridgehead atoms. The van der Waals surface area contributed by atoms with Crippen LogP contribution in [0, 0.1) is 5.92 Å². The first-order valence-corrected chi connectivity index (χ1v) is 11.6. The number of rotatable bonds is 11. The molecule has 1 atom stereocenters. The monoisotopic (exact) mass is 464 g/mol. The Labute approximate surface area is 198 Å². The number of nitrogens with one attached hydrogen (secondary N) is 1. The van der Waals surface area contributed by atoms with Crippen molar-refractivity contribution in [2.24, 2.45) is 5.92 Å². The highest BCUT2D eigenvalue weighted by molar-refractivity contribution is 7.99. The van der Waals surface area contributed by atoms with Crippen molar-refractivity contribution in [3.63, 3.8) is 0 Å². The van der Waals surface area contributed by atoms with Crippen LogP contribution in [0.25, 0.3) is 0 Å². The first-order valence-electron chi connectivity index (χ1n) is 10.6. The predicted molar refractivity (Wildman–Crippen MR) is 130 cm³/mol. The molecule has 7 nitrogen and oxygen atoms in total. The summed E-state index contributed by atoms with van der Waals surface area (Å²) < 4.78 is 7.04. The van der Waals surface area contributed by atoms with Gasteiger partial charge in [-0.15, -0.1) is 16.8 Å². The fourth-order valence-corrected chi connectivity index (χ4v) is 4.12. The molecule has 0 saturated heterocycles. The number of Topliss-reactive ketones (excluding diaryl/α,β-unsaturated/α-hetero) is 1. The molecule has 1 N–H and O–H groups in total. The maximum atomic E-state index is 12.8. The van der Waals surface area contributed by atoms with Gasteiger partial charge in [0, 0.05) is 17.7 Å².